The Morgan fingerprint density at radius 2 is 2.25 bits per heavy atom. The number of rotatable bonds is 5. The number of hydrogen-bond donors (Lipinski definition) is 1. The SMILES string of the molecule is CN(CCC1CCCO1)CC1CCCNC1. The van der Waals surface area contributed by atoms with E-state index >= 15 is 0 Å². The van der Waals surface area contributed by atoms with Crippen molar-refractivity contribution in [3.05, 3.63) is 0 Å². The number of hydrogen-bond acceptors (Lipinski definition) is 3. The lowest BCUT2D eigenvalue weighted by atomic mass is 9.99. The number of nitrogens with zero attached hydrogens (tertiary/aromatic N) is 1. The summed E-state index contributed by atoms with van der Waals surface area (Å²) in [5.74, 6) is 0.864. The summed E-state index contributed by atoms with van der Waals surface area (Å²) in [6.07, 6.45) is 7.06. The molecule has 0 bridgehead atoms. The normalized spacial score (nSPS) is 31.1. The van der Waals surface area contributed by atoms with Crippen molar-refractivity contribution in [2.45, 2.75) is 38.2 Å². The van der Waals surface area contributed by atoms with Gasteiger partial charge in [0.15, 0.2) is 0 Å². The molecule has 2 aliphatic heterocycles. The molecule has 2 aliphatic rings. The monoisotopic (exact) mass is 226 g/mol. The Hall–Kier alpha value is -0.120. The van der Waals surface area contributed by atoms with Gasteiger partial charge >= 0.3 is 0 Å². The minimum absolute atomic E-state index is 0.548. The lowest BCUT2D eigenvalue weighted by Crippen LogP contribution is -2.37. The average Bonchev–Trinajstić information content (AvgIpc) is 2.81. The summed E-state index contributed by atoms with van der Waals surface area (Å²) in [4.78, 5) is 2.49. The van der Waals surface area contributed by atoms with Gasteiger partial charge in [-0.3, -0.25) is 0 Å². The van der Waals surface area contributed by atoms with Crippen LogP contribution in [-0.2, 0) is 4.74 Å². The molecule has 94 valence electrons. The van der Waals surface area contributed by atoms with E-state index in [9.17, 15) is 0 Å². The van der Waals surface area contributed by atoms with Crippen LogP contribution < -0.4 is 5.32 Å². The first-order valence-corrected chi connectivity index (χ1v) is 6.85. The van der Waals surface area contributed by atoms with Gasteiger partial charge in [0.05, 0.1) is 6.10 Å². The van der Waals surface area contributed by atoms with Gasteiger partial charge in [0, 0.05) is 19.7 Å². The lowest BCUT2D eigenvalue weighted by molar-refractivity contribution is 0.0925. The second kappa shape index (κ2) is 6.58. The fourth-order valence-corrected chi connectivity index (χ4v) is 2.85. The van der Waals surface area contributed by atoms with Gasteiger partial charge in [-0.05, 0) is 58.2 Å². The van der Waals surface area contributed by atoms with Crippen LogP contribution in [0.1, 0.15) is 32.1 Å². The predicted octanol–water partition coefficient (Wildman–Crippen LogP) is 1.49. The Labute approximate surface area is 99.5 Å². The topological polar surface area (TPSA) is 24.5 Å². The molecule has 3 nitrogen and oxygen atoms in total. The van der Waals surface area contributed by atoms with Crippen molar-refractivity contribution in [1.82, 2.24) is 10.2 Å². The second-order valence-electron chi connectivity index (χ2n) is 5.40. The van der Waals surface area contributed by atoms with Crippen molar-refractivity contribution in [1.29, 1.82) is 0 Å². The summed E-state index contributed by atoms with van der Waals surface area (Å²) in [6.45, 7) is 5.86. The van der Waals surface area contributed by atoms with Crippen molar-refractivity contribution in [2.75, 3.05) is 39.8 Å². The molecule has 3 heteroatoms. The molecular formula is C13H26N2O. The minimum Gasteiger partial charge on any atom is -0.378 e. The molecule has 2 fully saturated rings. The van der Waals surface area contributed by atoms with Gasteiger partial charge in [0.1, 0.15) is 0 Å². The molecule has 2 atom stereocenters. The quantitative estimate of drug-likeness (QED) is 0.768. The molecular weight excluding hydrogens is 200 g/mol. The summed E-state index contributed by atoms with van der Waals surface area (Å²) in [5, 5.41) is 3.49. The summed E-state index contributed by atoms with van der Waals surface area (Å²) in [7, 11) is 2.25. The van der Waals surface area contributed by atoms with Crippen molar-refractivity contribution in [3.8, 4) is 0 Å². The first kappa shape index (κ1) is 12.3. The Balaban J connectivity index is 1.57. The molecule has 2 rings (SSSR count). The third-order valence-corrected chi connectivity index (χ3v) is 3.83. The van der Waals surface area contributed by atoms with E-state index < -0.39 is 0 Å². The van der Waals surface area contributed by atoms with Gasteiger partial charge in [0.25, 0.3) is 0 Å². The molecule has 1 N–H and O–H groups in total. The fraction of sp³-hybridized carbons (Fsp3) is 1.00. The maximum Gasteiger partial charge on any atom is 0.0588 e. The molecule has 0 aromatic carbocycles. The fourth-order valence-electron chi connectivity index (χ4n) is 2.85. The number of ether oxygens (including phenoxy) is 1. The van der Waals surface area contributed by atoms with Crippen molar-refractivity contribution < 1.29 is 4.74 Å². The third-order valence-electron chi connectivity index (χ3n) is 3.83. The summed E-state index contributed by atoms with van der Waals surface area (Å²) < 4.78 is 5.65. The molecule has 0 aliphatic carbocycles. The van der Waals surface area contributed by atoms with Crippen LogP contribution in [0.3, 0.4) is 0 Å². The van der Waals surface area contributed by atoms with Crippen LogP contribution in [0.2, 0.25) is 0 Å². The highest BCUT2D eigenvalue weighted by molar-refractivity contribution is 4.73. The molecule has 0 aromatic rings. The Kier molecular flexibility index (Phi) is 5.07. The lowest BCUT2D eigenvalue weighted by Gasteiger charge is -2.28. The van der Waals surface area contributed by atoms with Gasteiger partial charge in [-0.25, -0.2) is 0 Å². The van der Waals surface area contributed by atoms with E-state index in [0.717, 1.165) is 12.5 Å². The summed E-state index contributed by atoms with van der Waals surface area (Å²) in [6, 6.07) is 0. The highest BCUT2D eigenvalue weighted by atomic mass is 16.5. The largest absolute Gasteiger partial charge is 0.378 e. The predicted molar refractivity (Wildman–Crippen MR) is 66.7 cm³/mol. The summed E-state index contributed by atoms with van der Waals surface area (Å²) in [5.41, 5.74) is 0. The zero-order valence-corrected chi connectivity index (χ0v) is 10.6. The van der Waals surface area contributed by atoms with Gasteiger partial charge in [0.2, 0.25) is 0 Å². The minimum atomic E-state index is 0.548. The molecule has 2 unspecified atom stereocenters. The maximum atomic E-state index is 5.65. The molecule has 2 saturated heterocycles. The van der Waals surface area contributed by atoms with Crippen LogP contribution in [-0.4, -0.2) is 50.8 Å². The smallest absolute Gasteiger partial charge is 0.0588 e. The number of piperidine rings is 1. The van der Waals surface area contributed by atoms with Crippen LogP contribution in [0.4, 0.5) is 0 Å². The first-order valence-electron chi connectivity index (χ1n) is 6.85. The van der Waals surface area contributed by atoms with Crippen LogP contribution in [0.25, 0.3) is 0 Å². The van der Waals surface area contributed by atoms with E-state index in [1.807, 2.05) is 0 Å². The van der Waals surface area contributed by atoms with Gasteiger partial charge in [-0.15, -0.1) is 0 Å². The molecule has 0 amide bonds. The van der Waals surface area contributed by atoms with E-state index in [2.05, 4.69) is 17.3 Å². The molecule has 16 heavy (non-hydrogen) atoms. The van der Waals surface area contributed by atoms with Crippen molar-refractivity contribution >= 4 is 0 Å². The average molecular weight is 226 g/mol. The maximum absolute atomic E-state index is 5.65. The number of nitrogens with one attached hydrogen (secondary N) is 1. The van der Waals surface area contributed by atoms with Gasteiger partial charge in [-0.2, -0.15) is 0 Å². The zero-order chi connectivity index (χ0) is 11.2. The Morgan fingerprint density at radius 1 is 1.31 bits per heavy atom. The Bertz CT molecular complexity index is 186. The highest BCUT2D eigenvalue weighted by Crippen LogP contribution is 2.16. The van der Waals surface area contributed by atoms with Crippen LogP contribution >= 0.6 is 0 Å². The van der Waals surface area contributed by atoms with E-state index in [4.69, 9.17) is 4.74 Å². The standard InChI is InChI=1S/C13H26N2O/c1-15(8-6-13-5-3-9-16-13)11-12-4-2-7-14-10-12/h12-14H,2-11H2,1H3. The van der Waals surface area contributed by atoms with Gasteiger partial charge < -0.3 is 15.0 Å². The van der Waals surface area contributed by atoms with Gasteiger partial charge in [-0.1, -0.05) is 0 Å². The first-order chi connectivity index (χ1) is 7.84. The molecule has 0 radical (unpaired) electrons. The van der Waals surface area contributed by atoms with E-state index in [1.54, 1.807) is 0 Å². The molecule has 0 saturated carbocycles. The molecule has 0 aromatic heterocycles. The highest BCUT2D eigenvalue weighted by Gasteiger charge is 2.18. The Morgan fingerprint density at radius 3 is 2.94 bits per heavy atom. The summed E-state index contributed by atoms with van der Waals surface area (Å²) >= 11 is 0. The van der Waals surface area contributed by atoms with Crippen molar-refractivity contribution in [3.63, 3.8) is 0 Å². The van der Waals surface area contributed by atoms with E-state index in [0.29, 0.717) is 6.10 Å². The molecule has 2 heterocycles. The van der Waals surface area contributed by atoms with Crippen molar-refractivity contribution in [2.24, 2.45) is 5.92 Å². The van der Waals surface area contributed by atoms with E-state index in [1.165, 1.54) is 58.3 Å². The van der Waals surface area contributed by atoms with Crippen LogP contribution in [0.5, 0.6) is 0 Å². The second-order valence-corrected chi connectivity index (χ2v) is 5.40. The molecule has 0 spiro atoms. The third kappa shape index (κ3) is 4.04. The van der Waals surface area contributed by atoms with E-state index in [-0.39, 0.29) is 0 Å². The zero-order valence-electron chi connectivity index (χ0n) is 10.6. The van der Waals surface area contributed by atoms with Crippen LogP contribution in [0.15, 0.2) is 0 Å². The van der Waals surface area contributed by atoms with Crippen LogP contribution in [0, 0.1) is 5.92 Å².